The fraction of sp³-hybridized carbons (Fsp3) is 0.739. The van der Waals surface area contributed by atoms with E-state index in [2.05, 4.69) is 20.8 Å². The van der Waals surface area contributed by atoms with E-state index < -0.39 is 10.1 Å². The fourth-order valence-corrected chi connectivity index (χ4v) is 3.51. The summed E-state index contributed by atoms with van der Waals surface area (Å²) in [6, 6.07) is 6.07. The molecular formula is C23H42O4S. The van der Waals surface area contributed by atoms with Crippen molar-refractivity contribution in [2.24, 2.45) is 0 Å². The third-order valence-corrected chi connectivity index (χ3v) is 5.48. The summed E-state index contributed by atoms with van der Waals surface area (Å²) < 4.78 is 36.3. The molecule has 0 saturated heterocycles. The molecule has 0 amide bonds. The molecule has 4 nitrogen and oxygen atoms in total. The molecule has 0 fully saturated rings. The van der Waals surface area contributed by atoms with Crippen LogP contribution in [0.4, 0.5) is 0 Å². The van der Waals surface area contributed by atoms with Gasteiger partial charge in [0.15, 0.2) is 0 Å². The molecule has 1 aromatic carbocycles. The predicted molar refractivity (Wildman–Crippen MR) is 119 cm³/mol. The van der Waals surface area contributed by atoms with Crippen LogP contribution in [0.1, 0.15) is 104 Å². The van der Waals surface area contributed by atoms with Gasteiger partial charge >= 0.3 is 0 Å². The molecule has 0 saturated carbocycles. The smallest absolute Gasteiger partial charge is 0.298 e. The van der Waals surface area contributed by atoms with Gasteiger partial charge in [0, 0.05) is 0 Å². The van der Waals surface area contributed by atoms with Crippen molar-refractivity contribution in [1.82, 2.24) is 0 Å². The second-order valence-corrected chi connectivity index (χ2v) is 8.70. The standard InChI is InChI=1S/C12H26.C11H16O4S/c1-3-5-7-9-11-12-10-8-6-4-2;1-2-3-6-9-15-10-7-4-5-8-11(10)16(12,13)14/h3-12H2,1-2H3;4-5,7-8H,2-3,6,9H2,1H3,(H,12,13,14). The van der Waals surface area contributed by atoms with E-state index >= 15 is 0 Å². The van der Waals surface area contributed by atoms with E-state index in [0.717, 1.165) is 19.3 Å². The highest BCUT2D eigenvalue weighted by Crippen LogP contribution is 2.23. The van der Waals surface area contributed by atoms with Gasteiger partial charge in [0.05, 0.1) is 6.61 Å². The molecule has 0 aliphatic rings. The Morgan fingerprint density at radius 2 is 1.14 bits per heavy atom. The Hall–Kier alpha value is -1.07. The van der Waals surface area contributed by atoms with E-state index in [0.29, 0.717) is 6.61 Å². The summed E-state index contributed by atoms with van der Waals surface area (Å²) in [6.07, 6.45) is 17.4. The van der Waals surface area contributed by atoms with E-state index in [-0.39, 0.29) is 10.6 Å². The molecule has 5 heteroatoms. The SMILES string of the molecule is CCCCCCCCCCCC.CCCCCOc1ccccc1S(=O)(=O)O. The number of hydrogen-bond acceptors (Lipinski definition) is 3. The maximum atomic E-state index is 11.0. The van der Waals surface area contributed by atoms with Crippen molar-refractivity contribution in [3.63, 3.8) is 0 Å². The molecule has 28 heavy (non-hydrogen) atoms. The van der Waals surface area contributed by atoms with Crippen LogP contribution in [0.25, 0.3) is 0 Å². The molecule has 164 valence electrons. The van der Waals surface area contributed by atoms with Gasteiger partial charge < -0.3 is 4.74 Å². The molecule has 0 heterocycles. The summed E-state index contributed by atoms with van der Waals surface area (Å²) in [6.45, 7) is 7.09. The van der Waals surface area contributed by atoms with Gasteiger partial charge in [-0.1, -0.05) is 110 Å². The topological polar surface area (TPSA) is 63.6 Å². The van der Waals surface area contributed by atoms with E-state index in [1.165, 1.54) is 76.3 Å². The van der Waals surface area contributed by atoms with E-state index in [9.17, 15) is 8.42 Å². The first-order valence-electron chi connectivity index (χ1n) is 11.2. The lowest BCUT2D eigenvalue weighted by atomic mass is 10.1. The molecule has 1 rings (SSSR count). The largest absolute Gasteiger partial charge is 0.492 e. The maximum Gasteiger partial charge on any atom is 0.298 e. The number of unbranched alkanes of at least 4 members (excludes halogenated alkanes) is 11. The summed E-state index contributed by atoms with van der Waals surface area (Å²) in [4.78, 5) is -0.175. The van der Waals surface area contributed by atoms with Crippen LogP contribution >= 0.6 is 0 Å². The van der Waals surface area contributed by atoms with Gasteiger partial charge in [-0.3, -0.25) is 4.55 Å². The van der Waals surface area contributed by atoms with Crippen molar-refractivity contribution in [2.75, 3.05) is 6.61 Å². The Morgan fingerprint density at radius 1 is 0.714 bits per heavy atom. The zero-order valence-electron chi connectivity index (χ0n) is 18.3. The number of para-hydroxylation sites is 1. The Bertz CT molecular complexity index is 560. The van der Waals surface area contributed by atoms with Crippen molar-refractivity contribution in [3.8, 4) is 5.75 Å². The van der Waals surface area contributed by atoms with Crippen molar-refractivity contribution >= 4 is 10.1 Å². The Morgan fingerprint density at radius 3 is 1.61 bits per heavy atom. The molecular weight excluding hydrogens is 372 g/mol. The van der Waals surface area contributed by atoms with Crippen LogP contribution in [0.3, 0.4) is 0 Å². The summed E-state index contributed by atoms with van der Waals surface area (Å²) in [5.41, 5.74) is 0. The number of ether oxygens (including phenoxy) is 1. The van der Waals surface area contributed by atoms with Crippen LogP contribution in [-0.2, 0) is 10.1 Å². The lowest BCUT2D eigenvalue weighted by molar-refractivity contribution is 0.297. The zero-order chi connectivity index (χ0) is 21.1. The minimum atomic E-state index is -4.20. The van der Waals surface area contributed by atoms with Crippen molar-refractivity contribution in [2.45, 2.75) is 109 Å². The minimum absolute atomic E-state index is 0.175. The quantitative estimate of drug-likeness (QED) is 0.239. The molecule has 0 aliphatic heterocycles. The van der Waals surface area contributed by atoms with E-state index in [4.69, 9.17) is 9.29 Å². The number of hydrogen-bond donors (Lipinski definition) is 1. The first-order valence-corrected chi connectivity index (χ1v) is 12.6. The van der Waals surface area contributed by atoms with Crippen molar-refractivity contribution < 1.29 is 17.7 Å². The third kappa shape index (κ3) is 14.9. The lowest BCUT2D eigenvalue weighted by Gasteiger charge is -2.08. The highest BCUT2D eigenvalue weighted by atomic mass is 32.2. The van der Waals surface area contributed by atoms with Gasteiger partial charge in [-0.25, -0.2) is 0 Å². The molecule has 1 aromatic rings. The number of rotatable bonds is 15. The maximum absolute atomic E-state index is 11.0. The first kappa shape index (κ1) is 26.9. The predicted octanol–water partition coefficient (Wildman–Crippen LogP) is 7.43. The molecule has 0 spiro atoms. The van der Waals surface area contributed by atoms with Crippen LogP contribution in [0.15, 0.2) is 29.2 Å². The average molecular weight is 415 g/mol. The second-order valence-electron chi connectivity index (χ2n) is 7.31. The van der Waals surface area contributed by atoms with E-state index in [1.54, 1.807) is 12.1 Å². The van der Waals surface area contributed by atoms with Crippen molar-refractivity contribution in [1.29, 1.82) is 0 Å². The third-order valence-electron chi connectivity index (χ3n) is 4.59. The lowest BCUT2D eigenvalue weighted by Crippen LogP contribution is -2.04. The normalized spacial score (nSPS) is 11.0. The zero-order valence-corrected chi connectivity index (χ0v) is 19.1. The van der Waals surface area contributed by atoms with Crippen LogP contribution in [0.2, 0.25) is 0 Å². The first-order chi connectivity index (χ1) is 13.5. The summed E-state index contributed by atoms with van der Waals surface area (Å²) in [5.74, 6) is 0.209. The summed E-state index contributed by atoms with van der Waals surface area (Å²) in [5, 5.41) is 0. The minimum Gasteiger partial charge on any atom is -0.492 e. The molecule has 0 unspecified atom stereocenters. The van der Waals surface area contributed by atoms with Gasteiger partial charge in [-0.15, -0.1) is 0 Å². The molecule has 0 aliphatic carbocycles. The Kier molecular flexibility index (Phi) is 17.3. The van der Waals surface area contributed by atoms with Gasteiger partial charge in [-0.05, 0) is 18.6 Å². The summed E-state index contributed by atoms with van der Waals surface area (Å²) in [7, 11) is -4.20. The van der Waals surface area contributed by atoms with Crippen LogP contribution in [0.5, 0.6) is 5.75 Å². The second kappa shape index (κ2) is 18.0. The Labute approximate surface area is 173 Å². The molecule has 0 aromatic heterocycles. The molecule has 1 N–H and O–H groups in total. The van der Waals surface area contributed by atoms with Crippen LogP contribution < -0.4 is 4.74 Å². The molecule has 0 radical (unpaired) electrons. The highest BCUT2D eigenvalue weighted by molar-refractivity contribution is 7.86. The van der Waals surface area contributed by atoms with Crippen molar-refractivity contribution in [3.05, 3.63) is 24.3 Å². The summed E-state index contributed by atoms with van der Waals surface area (Å²) >= 11 is 0. The van der Waals surface area contributed by atoms with E-state index in [1.807, 2.05) is 0 Å². The fourth-order valence-electron chi connectivity index (χ4n) is 2.88. The monoisotopic (exact) mass is 414 g/mol. The molecule has 0 bridgehead atoms. The Balaban J connectivity index is 0.000000546. The average Bonchev–Trinajstić information content (AvgIpc) is 2.67. The van der Waals surface area contributed by atoms with Gasteiger partial charge in [-0.2, -0.15) is 8.42 Å². The highest BCUT2D eigenvalue weighted by Gasteiger charge is 2.15. The van der Waals surface area contributed by atoms with Crippen LogP contribution in [-0.4, -0.2) is 19.6 Å². The van der Waals surface area contributed by atoms with Crippen LogP contribution in [0, 0.1) is 0 Å². The van der Waals surface area contributed by atoms with Gasteiger partial charge in [0.25, 0.3) is 10.1 Å². The van der Waals surface area contributed by atoms with Gasteiger partial charge in [0.1, 0.15) is 10.6 Å². The molecule has 0 atom stereocenters. The number of benzene rings is 1. The van der Waals surface area contributed by atoms with Gasteiger partial charge in [0.2, 0.25) is 0 Å².